The van der Waals surface area contributed by atoms with Crippen LogP contribution in [-0.2, 0) is 4.79 Å². The van der Waals surface area contributed by atoms with E-state index in [2.05, 4.69) is 5.32 Å². The van der Waals surface area contributed by atoms with Crippen LogP contribution in [0.2, 0.25) is 0 Å². The molecule has 0 aliphatic rings. The average Bonchev–Trinajstić information content (AvgIpc) is 2.38. The molecule has 0 unspecified atom stereocenters. The van der Waals surface area contributed by atoms with Gasteiger partial charge in [-0.3, -0.25) is 15.6 Å². The quantitative estimate of drug-likeness (QED) is 0.298. The zero-order valence-corrected chi connectivity index (χ0v) is 10.4. The van der Waals surface area contributed by atoms with Crippen molar-refractivity contribution < 1.29 is 9.53 Å². The third-order valence-corrected chi connectivity index (χ3v) is 2.21. The fourth-order valence-electron chi connectivity index (χ4n) is 1.29. The van der Waals surface area contributed by atoms with Gasteiger partial charge >= 0.3 is 0 Å². The molecule has 0 saturated carbocycles. The molecular formula is C12H15N5O2. The van der Waals surface area contributed by atoms with E-state index in [1.54, 1.807) is 24.3 Å². The molecular weight excluding hydrogens is 246 g/mol. The lowest BCUT2D eigenvalue weighted by atomic mass is 10.2. The first kappa shape index (κ1) is 14.2. The van der Waals surface area contributed by atoms with E-state index in [-0.39, 0.29) is 5.70 Å². The van der Waals surface area contributed by atoms with Crippen molar-refractivity contribution in [3.8, 4) is 5.75 Å². The number of carbonyl (C=O) groups excluding carboxylic acids is 1. The third-order valence-electron chi connectivity index (χ3n) is 2.21. The summed E-state index contributed by atoms with van der Waals surface area (Å²) in [6.07, 6.45) is 0.996. The minimum atomic E-state index is -0.534. The fourth-order valence-corrected chi connectivity index (χ4v) is 1.29. The molecule has 0 heterocycles. The Morgan fingerprint density at radius 3 is 2.53 bits per heavy atom. The topological polar surface area (TPSA) is 138 Å². The Morgan fingerprint density at radius 1 is 1.32 bits per heavy atom. The predicted octanol–water partition coefficient (Wildman–Crippen LogP) is 0.432. The van der Waals surface area contributed by atoms with Crippen molar-refractivity contribution in [2.45, 2.75) is 0 Å². The van der Waals surface area contributed by atoms with E-state index in [1.165, 1.54) is 7.11 Å². The number of nitrogens with two attached hydrogens (primary N) is 2. The molecule has 7 N–H and O–H groups in total. The monoisotopic (exact) mass is 261 g/mol. The van der Waals surface area contributed by atoms with Gasteiger partial charge in [0, 0.05) is 6.08 Å². The van der Waals surface area contributed by atoms with Crippen molar-refractivity contribution in [2.24, 2.45) is 11.5 Å². The number of benzene rings is 1. The summed E-state index contributed by atoms with van der Waals surface area (Å²) in [4.78, 5) is 11.7. The van der Waals surface area contributed by atoms with Gasteiger partial charge in [0.2, 0.25) is 0 Å². The van der Waals surface area contributed by atoms with Crippen LogP contribution in [0, 0.1) is 10.8 Å². The molecule has 1 amide bonds. The Labute approximate surface area is 110 Å². The minimum Gasteiger partial charge on any atom is -0.495 e. The highest BCUT2D eigenvalue weighted by Gasteiger charge is 2.08. The molecule has 0 bridgehead atoms. The molecule has 100 valence electrons. The molecule has 0 aliphatic carbocycles. The summed E-state index contributed by atoms with van der Waals surface area (Å²) in [5, 5.41) is 17.0. The Hall–Kier alpha value is -2.83. The molecule has 0 spiro atoms. The van der Waals surface area contributed by atoms with Crippen LogP contribution in [0.3, 0.4) is 0 Å². The highest BCUT2D eigenvalue weighted by molar-refractivity contribution is 6.45. The summed E-state index contributed by atoms with van der Waals surface area (Å²) in [6.45, 7) is 0. The summed E-state index contributed by atoms with van der Waals surface area (Å²) in [6, 6.07) is 6.87. The minimum absolute atomic E-state index is 0.181. The fraction of sp³-hybridized carbons (Fsp3) is 0.0833. The van der Waals surface area contributed by atoms with Crippen LogP contribution in [-0.4, -0.2) is 24.6 Å². The van der Waals surface area contributed by atoms with E-state index >= 15 is 0 Å². The van der Waals surface area contributed by atoms with Gasteiger partial charge in [0.25, 0.3) is 5.91 Å². The zero-order valence-electron chi connectivity index (χ0n) is 10.4. The Bertz CT molecular complexity index is 551. The van der Waals surface area contributed by atoms with Crippen LogP contribution < -0.4 is 21.5 Å². The maximum Gasteiger partial charge on any atom is 0.250 e. The third kappa shape index (κ3) is 3.84. The van der Waals surface area contributed by atoms with Gasteiger partial charge in [-0.15, -0.1) is 0 Å². The van der Waals surface area contributed by atoms with Gasteiger partial charge in [-0.2, -0.15) is 0 Å². The molecule has 0 aromatic heterocycles. The molecule has 0 radical (unpaired) electrons. The van der Waals surface area contributed by atoms with Crippen molar-refractivity contribution in [1.82, 2.24) is 0 Å². The molecule has 7 nitrogen and oxygen atoms in total. The van der Waals surface area contributed by atoms with E-state index in [0.29, 0.717) is 11.4 Å². The summed E-state index contributed by atoms with van der Waals surface area (Å²) < 4.78 is 5.07. The van der Waals surface area contributed by atoms with Gasteiger partial charge in [0.05, 0.1) is 18.5 Å². The number of ether oxygens (including phenoxy) is 1. The van der Waals surface area contributed by atoms with Crippen LogP contribution in [0.4, 0.5) is 5.69 Å². The summed E-state index contributed by atoms with van der Waals surface area (Å²) >= 11 is 0. The first-order valence-corrected chi connectivity index (χ1v) is 5.30. The zero-order chi connectivity index (χ0) is 14.4. The number of nitrogens with one attached hydrogen (secondary N) is 3. The smallest absolute Gasteiger partial charge is 0.250 e. The number of rotatable bonds is 5. The van der Waals surface area contributed by atoms with Crippen LogP contribution >= 0.6 is 0 Å². The largest absolute Gasteiger partial charge is 0.495 e. The number of amides is 1. The SMILES string of the molecule is COc1ccccc1NC(=O)/C=C(/N)C(=N)C(=N)N. The average molecular weight is 261 g/mol. The molecule has 19 heavy (non-hydrogen) atoms. The molecule has 0 fully saturated rings. The first-order chi connectivity index (χ1) is 8.95. The number of hydrogen-bond acceptors (Lipinski definition) is 5. The standard InChI is InChI=1S/C12H15N5O2/c1-19-9-5-3-2-4-8(9)17-10(18)6-7(13)11(14)12(15)16/h2-6,14H,13H2,1H3,(H3,15,16)(H,17,18)/b7-6+,14-11?. The molecule has 1 rings (SSSR count). The van der Waals surface area contributed by atoms with Crippen LogP contribution in [0.15, 0.2) is 36.0 Å². The number of para-hydroxylation sites is 2. The molecule has 0 aliphatic heterocycles. The van der Waals surface area contributed by atoms with Crippen LogP contribution in [0.5, 0.6) is 5.75 Å². The lowest BCUT2D eigenvalue weighted by Crippen LogP contribution is -2.28. The number of amidine groups is 1. The van der Waals surface area contributed by atoms with E-state index in [4.69, 9.17) is 27.0 Å². The molecule has 7 heteroatoms. The maximum atomic E-state index is 11.7. The number of hydrogen-bond donors (Lipinski definition) is 5. The van der Waals surface area contributed by atoms with Gasteiger partial charge < -0.3 is 21.5 Å². The Kier molecular flexibility index (Phi) is 4.64. The summed E-state index contributed by atoms with van der Waals surface area (Å²) in [7, 11) is 1.49. The van der Waals surface area contributed by atoms with Crippen LogP contribution in [0.25, 0.3) is 0 Å². The van der Waals surface area contributed by atoms with Crippen molar-refractivity contribution in [2.75, 3.05) is 12.4 Å². The second kappa shape index (κ2) is 6.20. The lowest BCUT2D eigenvalue weighted by Gasteiger charge is -2.08. The number of methoxy groups -OCH3 is 1. The predicted molar refractivity (Wildman–Crippen MR) is 73.5 cm³/mol. The summed E-state index contributed by atoms with van der Waals surface area (Å²) in [5.41, 5.74) is 10.5. The number of anilines is 1. The summed E-state index contributed by atoms with van der Waals surface area (Å²) in [5.74, 6) is -0.531. The Morgan fingerprint density at radius 2 is 1.95 bits per heavy atom. The van der Waals surface area contributed by atoms with Gasteiger partial charge in [0.15, 0.2) is 0 Å². The van der Waals surface area contributed by atoms with Gasteiger partial charge in [-0.1, -0.05) is 12.1 Å². The molecule has 0 atom stereocenters. The van der Waals surface area contributed by atoms with Crippen molar-refractivity contribution in [3.63, 3.8) is 0 Å². The van der Waals surface area contributed by atoms with E-state index in [1.807, 2.05) is 0 Å². The molecule has 1 aromatic carbocycles. The normalized spacial score (nSPS) is 10.7. The lowest BCUT2D eigenvalue weighted by molar-refractivity contribution is -0.111. The Balaban J connectivity index is 2.83. The van der Waals surface area contributed by atoms with Crippen molar-refractivity contribution in [1.29, 1.82) is 10.8 Å². The van der Waals surface area contributed by atoms with E-state index in [0.717, 1.165) is 6.08 Å². The second-order valence-corrected chi connectivity index (χ2v) is 3.58. The van der Waals surface area contributed by atoms with E-state index in [9.17, 15) is 4.79 Å². The maximum absolute atomic E-state index is 11.7. The van der Waals surface area contributed by atoms with Crippen LogP contribution in [0.1, 0.15) is 0 Å². The highest BCUT2D eigenvalue weighted by Crippen LogP contribution is 2.22. The number of carbonyl (C=O) groups is 1. The highest BCUT2D eigenvalue weighted by atomic mass is 16.5. The molecule has 1 aromatic rings. The van der Waals surface area contributed by atoms with Gasteiger partial charge in [-0.25, -0.2) is 0 Å². The second-order valence-electron chi connectivity index (χ2n) is 3.58. The van der Waals surface area contributed by atoms with Gasteiger partial charge in [0.1, 0.15) is 17.3 Å². The first-order valence-electron chi connectivity index (χ1n) is 5.30. The molecule has 0 saturated heterocycles. The van der Waals surface area contributed by atoms with Crippen molar-refractivity contribution in [3.05, 3.63) is 36.0 Å². The van der Waals surface area contributed by atoms with E-state index < -0.39 is 17.5 Å². The van der Waals surface area contributed by atoms with Crippen molar-refractivity contribution >= 4 is 23.1 Å². The van der Waals surface area contributed by atoms with Gasteiger partial charge in [-0.05, 0) is 12.1 Å².